The van der Waals surface area contributed by atoms with E-state index in [4.69, 9.17) is 0 Å². The van der Waals surface area contributed by atoms with Gasteiger partial charge in [0.25, 0.3) is 0 Å². The van der Waals surface area contributed by atoms with Crippen LogP contribution in [0.5, 0.6) is 0 Å². The molecule has 0 aliphatic rings. The van der Waals surface area contributed by atoms with Gasteiger partial charge in [-0.05, 0) is 28.7 Å². The lowest BCUT2D eigenvalue weighted by Gasteiger charge is -2.19. The van der Waals surface area contributed by atoms with Crippen molar-refractivity contribution in [3.63, 3.8) is 0 Å². The minimum absolute atomic E-state index is 0.250. The van der Waals surface area contributed by atoms with Gasteiger partial charge in [0.15, 0.2) is 0 Å². The van der Waals surface area contributed by atoms with E-state index in [-0.39, 0.29) is 5.41 Å². The molecule has 100 valence electrons. The van der Waals surface area contributed by atoms with E-state index < -0.39 is 0 Å². The van der Waals surface area contributed by atoms with Gasteiger partial charge in [-0.15, -0.1) is 23.5 Å². The van der Waals surface area contributed by atoms with Gasteiger partial charge in [-0.3, -0.25) is 0 Å². The summed E-state index contributed by atoms with van der Waals surface area (Å²) in [6, 6.07) is 8.98. The topological polar surface area (TPSA) is 0 Å². The second-order valence-electron chi connectivity index (χ2n) is 5.52. The van der Waals surface area contributed by atoms with Gasteiger partial charge in [-0.1, -0.05) is 58.4 Å². The summed E-state index contributed by atoms with van der Waals surface area (Å²) in [5.41, 5.74) is 3.04. The Morgan fingerprint density at radius 1 is 1.06 bits per heavy atom. The fourth-order valence-electron chi connectivity index (χ4n) is 1.51. The van der Waals surface area contributed by atoms with Crippen LogP contribution >= 0.6 is 23.5 Å². The Morgan fingerprint density at radius 2 is 1.72 bits per heavy atom. The molecule has 1 aromatic carbocycles. The predicted molar refractivity (Wildman–Crippen MR) is 87.0 cm³/mol. The highest BCUT2D eigenvalue weighted by Gasteiger charge is 2.12. The SMILES string of the molecule is CCCCS[C]SCc1ccc(C(C)(C)C)cc1. The number of rotatable bonds is 7. The highest BCUT2D eigenvalue weighted by atomic mass is 32.2. The maximum atomic E-state index is 3.35. The van der Waals surface area contributed by atoms with Crippen LogP contribution in [0.2, 0.25) is 0 Å². The van der Waals surface area contributed by atoms with Crippen LogP contribution in [0.3, 0.4) is 0 Å². The third-order valence-electron chi connectivity index (χ3n) is 2.78. The summed E-state index contributed by atoms with van der Waals surface area (Å²) in [7, 11) is 0. The Morgan fingerprint density at radius 3 is 2.28 bits per heavy atom. The first-order valence-electron chi connectivity index (χ1n) is 6.62. The van der Waals surface area contributed by atoms with E-state index in [1.165, 1.54) is 29.7 Å². The van der Waals surface area contributed by atoms with Crippen LogP contribution in [0.25, 0.3) is 0 Å². The molecule has 0 amide bonds. The van der Waals surface area contributed by atoms with Gasteiger partial charge in [-0.2, -0.15) is 0 Å². The van der Waals surface area contributed by atoms with Crippen molar-refractivity contribution in [2.45, 2.75) is 51.7 Å². The van der Waals surface area contributed by atoms with Gasteiger partial charge in [-0.25, -0.2) is 0 Å². The summed E-state index contributed by atoms with van der Waals surface area (Å²) in [5, 5.41) is 3.35. The average molecular weight is 281 g/mol. The number of unbranched alkanes of at least 4 members (excludes halogenated alkanes) is 1. The molecule has 1 rings (SSSR count). The Kier molecular flexibility index (Phi) is 7.25. The van der Waals surface area contributed by atoms with E-state index in [2.05, 4.69) is 57.0 Å². The second-order valence-corrected chi connectivity index (χ2v) is 7.46. The van der Waals surface area contributed by atoms with E-state index in [1.807, 2.05) is 11.8 Å². The van der Waals surface area contributed by atoms with Crippen LogP contribution in [-0.2, 0) is 11.2 Å². The maximum Gasteiger partial charge on any atom is 0.113 e. The molecule has 0 saturated carbocycles. The molecule has 2 heteroatoms. The van der Waals surface area contributed by atoms with E-state index in [0.29, 0.717) is 0 Å². The minimum atomic E-state index is 0.250. The zero-order valence-corrected chi connectivity index (χ0v) is 13.6. The molecule has 0 aliphatic heterocycles. The zero-order valence-electron chi connectivity index (χ0n) is 12.0. The number of hydrogen-bond donors (Lipinski definition) is 0. The number of benzene rings is 1. The van der Waals surface area contributed by atoms with Crippen molar-refractivity contribution in [1.29, 1.82) is 0 Å². The molecule has 0 saturated heterocycles. The Hall–Kier alpha value is -0.0800. The summed E-state index contributed by atoms with van der Waals surface area (Å²) >= 11 is 3.60. The first-order chi connectivity index (χ1) is 8.54. The first-order valence-corrected chi connectivity index (χ1v) is 8.59. The van der Waals surface area contributed by atoms with Crippen molar-refractivity contribution < 1.29 is 0 Å². The highest BCUT2D eigenvalue weighted by Crippen LogP contribution is 2.26. The standard InChI is InChI=1S/C16H24S2/c1-5-6-11-17-13-18-12-14-7-9-15(10-8-14)16(2,3)4/h7-10H,5-6,11-12H2,1-4H3. The highest BCUT2D eigenvalue weighted by molar-refractivity contribution is 8.18. The summed E-state index contributed by atoms with van der Waals surface area (Å²) in [6.45, 7) is 8.98. The smallest absolute Gasteiger partial charge is 0.113 e. The minimum Gasteiger partial charge on any atom is -0.139 e. The molecular weight excluding hydrogens is 256 g/mol. The van der Waals surface area contributed by atoms with Crippen molar-refractivity contribution in [2.75, 3.05) is 5.75 Å². The fraction of sp³-hybridized carbons (Fsp3) is 0.562. The second kappa shape index (κ2) is 8.16. The summed E-state index contributed by atoms with van der Waals surface area (Å²) in [6.07, 6.45) is 2.56. The van der Waals surface area contributed by atoms with Crippen LogP contribution in [0.1, 0.15) is 51.7 Å². The summed E-state index contributed by atoms with van der Waals surface area (Å²) in [4.78, 5) is 0. The van der Waals surface area contributed by atoms with Crippen molar-refractivity contribution in [2.24, 2.45) is 0 Å². The molecule has 0 spiro atoms. The van der Waals surface area contributed by atoms with E-state index in [1.54, 1.807) is 11.8 Å². The van der Waals surface area contributed by atoms with Crippen LogP contribution in [0.15, 0.2) is 24.3 Å². The third-order valence-corrected chi connectivity index (χ3v) is 4.69. The third kappa shape index (κ3) is 6.19. The van der Waals surface area contributed by atoms with E-state index in [0.717, 1.165) is 5.75 Å². The van der Waals surface area contributed by atoms with Crippen LogP contribution in [-0.4, -0.2) is 5.75 Å². The number of hydrogen-bond acceptors (Lipinski definition) is 2. The van der Waals surface area contributed by atoms with E-state index in [9.17, 15) is 0 Å². The Labute approximate surface area is 121 Å². The van der Waals surface area contributed by atoms with Gasteiger partial charge in [0.05, 0.1) is 0 Å². The molecule has 18 heavy (non-hydrogen) atoms. The normalized spacial score (nSPS) is 11.8. The van der Waals surface area contributed by atoms with Gasteiger partial charge in [0, 0.05) is 5.75 Å². The monoisotopic (exact) mass is 280 g/mol. The van der Waals surface area contributed by atoms with Crippen molar-refractivity contribution in [1.82, 2.24) is 0 Å². The lowest BCUT2D eigenvalue weighted by atomic mass is 9.87. The first kappa shape index (κ1) is 16.0. The molecule has 0 aromatic heterocycles. The Bertz CT molecular complexity index is 322. The largest absolute Gasteiger partial charge is 0.139 e. The summed E-state index contributed by atoms with van der Waals surface area (Å²) < 4.78 is 0. The van der Waals surface area contributed by atoms with Gasteiger partial charge >= 0.3 is 0 Å². The molecule has 0 nitrogen and oxygen atoms in total. The maximum absolute atomic E-state index is 3.35. The predicted octanol–water partition coefficient (Wildman–Crippen LogP) is 5.75. The van der Waals surface area contributed by atoms with Crippen molar-refractivity contribution in [3.05, 3.63) is 40.5 Å². The van der Waals surface area contributed by atoms with Gasteiger partial charge < -0.3 is 0 Å². The molecule has 0 N–H and O–H groups in total. The van der Waals surface area contributed by atoms with Crippen LogP contribution in [0.4, 0.5) is 0 Å². The average Bonchev–Trinajstić information content (AvgIpc) is 2.33. The molecule has 2 radical (unpaired) electrons. The molecular formula is C16H24S2. The Balaban J connectivity index is 2.27. The number of thioether (sulfide) groups is 2. The molecule has 0 aliphatic carbocycles. The van der Waals surface area contributed by atoms with Crippen LogP contribution < -0.4 is 0 Å². The molecule has 1 aromatic rings. The van der Waals surface area contributed by atoms with Crippen molar-refractivity contribution >= 4 is 23.5 Å². The van der Waals surface area contributed by atoms with Crippen LogP contribution in [0, 0.1) is 5.08 Å². The molecule has 0 bridgehead atoms. The summed E-state index contributed by atoms with van der Waals surface area (Å²) in [5.74, 6) is 2.23. The van der Waals surface area contributed by atoms with E-state index >= 15 is 0 Å². The van der Waals surface area contributed by atoms with Gasteiger partial charge in [0.2, 0.25) is 0 Å². The zero-order chi connectivity index (χ0) is 13.4. The molecule has 0 heterocycles. The molecule has 0 fully saturated rings. The lowest BCUT2D eigenvalue weighted by molar-refractivity contribution is 0.590. The van der Waals surface area contributed by atoms with Gasteiger partial charge in [0.1, 0.15) is 5.08 Å². The van der Waals surface area contributed by atoms with Crippen molar-refractivity contribution in [3.8, 4) is 0 Å². The molecule has 0 atom stereocenters. The quantitative estimate of drug-likeness (QED) is 0.583. The fourth-order valence-corrected chi connectivity index (χ4v) is 3.21. The lowest BCUT2D eigenvalue weighted by Crippen LogP contribution is -2.10. The molecule has 0 unspecified atom stereocenters.